The largest absolute Gasteiger partial charge is 0.324 e. The van der Waals surface area contributed by atoms with E-state index >= 15 is 0 Å². The first-order valence-electron chi connectivity index (χ1n) is 9.76. The van der Waals surface area contributed by atoms with Crippen molar-refractivity contribution in [3.05, 3.63) is 29.3 Å². The number of benzene rings is 1. The average Bonchev–Trinajstić information content (AvgIpc) is 2.97. The molecule has 4 rings (SSSR count). The molecule has 8 nitrogen and oxygen atoms in total. The minimum atomic E-state index is -0.634. The molecule has 3 aliphatic rings. The molecule has 0 radical (unpaired) electrons. The van der Waals surface area contributed by atoms with Gasteiger partial charge < -0.3 is 15.1 Å². The van der Waals surface area contributed by atoms with Gasteiger partial charge in [-0.25, -0.2) is 4.79 Å². The maximum atomic E-state index is 12.7. The van der Waals surface area contributed by atoms with Crippen LogP contribution in [0.25, 0.3) is 0 Å². The Bertz CT molecular complexity index is 853. The highest BCUT2D eigenvalue weighted by Crippen LogP contribution is 2.29. The Labute approximate surface area is 163 Å². The normalized spacial score (nSPS) is 24.8. The summed E-state index contributed by atoms with van der Waals surface area (Å²) in [5.74, 6) is -0.445. The molecule has 0 aliphatic carbocycles. The van der Waals surface area contributed by atoms with Gasteiger partial charge in [0.2, 0.25) is 11.8 Å². The second-order valence-electron chi connectivity index (χ2n) is 7.90. The number of urea groups is 1. The molecule has 3 heterocycles. The van der Waals surface area contributed by atoms with E-state index in [0.717, 1.165) is 31.5 Å². The van der Waals surface area contributed by atoms with Crippen LogP contribution < -0.4 is 10.6 Å². The molecular weight excluding hydrogens is 360 g/mol. The van der Waals surface area contributed by atoms with Gasteiger partial charge in [-0.2, -0.15) is 0 Å². The summed E-state index contributed by atoms with van der Waals surface area (Å²) in [5, 5.41) is 5.22. The number of amides is 5. The zero-order valence-corrected chi connectivity index (χ0v) is 15.9. The topological polar surface area (TPSA) is 98.8 Å². The first-order valence-corrected chi connectivity index (χ1v) is 9.76. The maximum absolute atomic E-state index is 12.7. The van der Waals surface area contributed by atoms with Gasteiger partial charge in [0.15, 0.2) is 0 Å². The predicted molar refractivity (Wildman–Crippen MR) is 101 cm³/mol. The Kier molecular flexibility index (Phi) is 4.78. The van der Waals surface area contributed by atoms with Gasteiger partial charge in [0.25, 0.3) is 5.91 Å². The van der Waals surface area contributed by atoms with Crippen LogP contribution in [0.1, 0.15) is 48.5 Å². The first kappa shape index (κ1) is 18.5. The van der Waals surface area contributed by atoms with Gasteiger partial charge in [-0.3, -0.25) is 19.7 Å². The SMILES string of the molecule is C[C@H]1CCCN(C(=O)Nc2ccc3c(c2)CN(C2CCC(=O)NC2=O)C3=O)C1. The number of anilines is 1. The summed E-state index contributed by atoms with van der Waals surface area (Å²) < 4.78 is 0. The summed E-state index contributed by atoms with van der Waals surface area (Å²) in [6, 6.07) is 4.45. The zero-order chi connectivity index (χ0) is 19.8. The molecule has 5 amide bonds. The van der Waals surface area contributed by atoms with Crippen LogP contribution in [0.3, 0.4) is 0 Å². The standard InChI is InChI=1S/C20H24N4O4/c1-12-3-2-8-23(10-12)20(28)21-14-4-5-15-13(9-14)11-24(19(15)27)16-6-7-17(25)22-18(16)26/h4-5,9,12,16H,2-3,6-8,10-11H2,1H3,(H,21,28)(H,22,25,26)/t12-,16?/m0/s1. The van der Waals surface area contributed by atoms with Gasteiger partial charge in [-0.05, 0) is 48.9 Å². The van der Waals surface area contributed by atoms with Crippen molar-refractivity contribution in [1.82, 2.24) is 15.1 Å². The number of hydrogen-bond donors (Lipinski definition) is 2. The molecule has 1 aromatic rings. The van der Waals surface area contributed by atoms with Gasteiger partial charge in [0, 0.05) is 37.3 Å². The van der Waals surface area contributed by atoms with Crippen LogP contribution in [0.2, 0.25) is 0 Å². The Morgan fingerprint density at radius 2 is 2.04 bits per heavy atom. The summed E-state index contributed by atoms with van der Waals surface area (Å²) in [6.45, 7) is 3.94. The summed E-state index contributed by atoms with van der Waals surface area (Å²) in [7, 11) is 0. The van der Waals surface area contributed by atoms with Crippen molar-refractivity contribution in [3.8, 4) is 0 Å². The molecule has 0 bridgehead atoms. The Balaban J connectivity index is 1.46. The number of rotatable bonds is 2. The zero-order valence-electron chi connectivity index (χ0n) is 15.9. The molecule has 2 fully saturated rings. The summed E-state index contributed by atoms with van der Waals surface area (Å²) >= 11 is 0. The van der Waals surface area contributed by atoms with E-state index in [1.165, 1.54) is 4.90 Å². The van der Waals surface area contributed by atoms with Crippen molar-refractivity contribution in [1.29, 1.82) is 0 Å². The smallest absolute Gasteiger partial charge is 0.321 e. The Morgan fingerprint density at radius 3 is 2.79 bits per heavy atom. The highest BCUT2D eigenvalue weighted by molar-refractivity contribution is 6.05. The van der Waals surface area contributed by atoms with E-state index in [-0.39, 0.29) is 24.3 Å². The summed E-state index contributed by atoms with van der Waals surface area (Å²) in [5.41, 5.74) is 1.95. The molecule has 3 aliphatic heterocycles. The third-order valence-electron chi connectivity index (χ3n) is 5.72. The molecule has 2 atom stereocenters. The Morgan fingerprint density at radius 1 is 1.21 bits per heavy atom. The van der Waals surface area contributed by atoms with E-state index in [1.54, 1.807) is 18.2 Å². The van der Waals surface area contributed by atoms with Gasteiger partial charge in [-0.1, -0.05) is 6.92 Å². The van der Waals surface area contributed by atoms with Gasteiger partial charge in [-0.15, -0.1) is 0 Å². The number of piperidine rings is 2. The summed E-state index contributed by atoms with van der Waals surface area (Å²) in [6.07, 6.45) is 2.71. The average molecular weight is 384 g/mol. The molecule has 2 saturated heterocycles. The van der Waals surface area contributed by atoms with Gasteiger partial charge in [0.1, 0.15) is 6.04 Å². The number of nitrogens with zero attached hydrogens (tertiary/aromatic N) is 2. The molecule has 2 N–H and O–H groups in total. The highest BCUT2D eigenvalue weighted by atomic mass is 16.2. The third kappa shape index (κ3) is 3.46. The fraction of sp³-hybridized carbons (Fsp3) is 0.500. The van der Waals surface area contributed by atoms with E-state index < -0.39 is 11.9 Å². The molecule has 1 unspecified atom stereocenters. The van der Waals surface area contributed by atoms with Crippen molar-refractivity contribution in [2.45, 2.75) is 45.2 Å². The van der Waals surface area contributed by atoms with Crippen LogP contribution in [0.15, 0.2) is 18.2 Å². The molecule has 28 heavy (non-hydrogen) atoms. The van der Waals surface area contributed by atoms with E-state index in [2.05, 4.69) is 17.6 Å². The molecule has 1 aromatic carbocycles. The predicted octanol–water partition coefficient (Wildman–Crippen LogP) is 1.71. The van der Waals surface area contributed by atoms with Crippen molar-refractivity contribution < 1.29 is 19.2 Å². The van der Waals surface area contributed by atoms with Gasteiger partial charge in [0.05, 0.1) is 0 Å². The van der Waals surface area contributed by atoms with Crippen LogP contribution in [0, 0.1) is 5.92 Å². The number of fused-ring (bicyclic) bond motifs is 1. The van der Waals surface area contributed by atoms with Crippen LogP contribution in [0.4, 0.5) is 10.5 Å². The van der Waals surface area contributed by atoms with Crippen LogP contribution in [0.5, 0.6) is 0 Å². The number of likely N-dealkylation sites (tertiary alicyclic amines) is 1. The molecular formula is C20H24N4O4. The molecule has 0 aromatic heterocycles. The molecule has 8 heteroatoms. The van der Waals surface area contributed by atoms with E-state index in [1.807, 2.05) is 4.90 Å². The second kappa shape index (κ2) is 7.26. The van der Waals surface area contributed by atoms with E-state index in [0.29, 0.717) is 30.1 Å². The lowest BCUT2D eigenvalue weighted by atomic mass is 10.0. The lowest BCUT2D eigenvalue weighted by Crippen LogP contribution is -2.52. The lowest BCUT2D eigenvalue weighted by molar-refractivity contribution is -0.136. The van der Waals surface area contributed by atoms with Crippen LogP contribution in [-0.2, 0) is 16.1 Å². The fourth-order valence-electron chi connectivity index (χ4n) is 4.23. The monoisotopic (exact) mass is 384 g/mol. The lowest BCUT2D eigenvalue weighted by Gasteiger charge is -2.31. The number of hydrogen-bond acceptors (Lipinski definition) is 4. The van der Waals surface area contributed by atoms with Crippen LogP contribution >= 0.6 is 0 Å². The van der Waals surface area contributed by atoms with Gasteiger partial charge >= 0.3 is 6.03 Å². The molecule has 0 saturated carbocycles. The number of carbonyl (C=O) groups excluding carboxylic acids is 4. The van der Waals surface area contributed by atoms with Crippen LogP contribution in [-0.4, -0.2) is 52.7 Å². The minimum absolute atomic E-state index is 0.127. The molecule has 0 spiro atoms. The fourth-order valence-corrected chi connectivity index (χ4v) is 4.23. The number of nitrogens with one attached hydrogen (secondary N) is 2. The van der Waals surface area contributed by atoms with Crippen molar-refractivity contribution in [2.75, 3.05) is 18.4 Å². The minimum Gasteiger partial charge on any atom is -0.324 e. The van der Waals surface area contributed by atoms with E-state index in [4.69, 9.17) is 0 Å². The third-order valence-corrected chi connectivity index (χ3v) is 5.72. The maximum Gasteiger partial charge on any atom is 0.321 e. The highest BCUT2D eigenvalue weighted by Gasteiger charge is 2.39. The van der Waals surface area contributed by atoms with Crippen molar-refractivity contribution >= 4 is 29.4 Å². The summed E-state index contributed by atoms with van der Waals surface area (Å²) in [4.78, 5) is 52.0. The van der Waals surface area contributed by atoms with Crippen molar-refractivity contribution in [2.24, 2.45) is 5.92 Å². The van der Waals surface area contributed by atoms with Crippen molar-refractivity contribution in [3.63, 3.8) is 0 Å². The Hall–Kier alpha value is -2.90. The van der Waals surface area contributed by atoms with E-state index in [9.17, 15) is 19.2 Å². The first-order chi connectivity index (χ1) is 13.4. The molecule has 148 valence electrons. The number of imide groups is 1. The quantitative estimate of drug-likeness (QED) is 0.759. The second-order valence-corrected chi connectivity index (χ2v) is 7.90. The number of carbonyl (C=O) groups is 4.